The number of hydrogen-bond donors (Lipinski definition) is 2. The molecule has 1 amide bonds. The molecular weight excluding hydrogens is 433 g/mol. The molecule has 2 aromatic rings. The third-order valence-corrected chi connectivity index (χ3v) is 6.81. The van der Waals surface area contributed by atoms with E-state index in [-0.39, 0.29) is 17.4 Å². The number of likely N-dealkylation sites (tertiary alicyclic amines) is 2. The highest BCUT2D eigenvalue weighted by Crippen LogP contribution is 2.28. The first-order valence-electron chi connectivity index (χ1n) is 11.4. The second-order valence-electron chi connectivity index (χ2n) is 8.95. The molecule has 0 radical (unpaired) electrons. The summed E-state index contributed by atoms with van der Waals surface area (Å²) in [5.41, 5.74) is 1.26. The number of halogens is 3. The summed E-state index contributed by atoms with van der Waals surface area (Å²) in [6.45, 7) is 3.54. The third-order valence-electron chi connectivity index (χ3n) is 6.81. The Balaban J connectivity index is 1.21. The largest absolute Gasteiger partial charge is 0.392 e. The van der Waals surface area contributed by atoms with E-state index in [2.05, 4.69) is 15.1 Å². The molecule has 2 N–H and O–H groups in total. The maximum atomic E-state index is 13.3. The molecule has 2 saturated heterocycles. The van der Waals surface area contributed by atoms with Crippen molar-refractivity contribution in [2.45, 2.75) is 37.7 Å². The van der Waals surface area contributed by atoms with Crippen molar-refractivity contribution in [2.75, 3.05) is 32.7 Å². The Morgan fingerprint density at radius 3 is 2.39 bits per heavy atom. The van der Waals surface area contributed by atoms with Crippen LogP contribution in [0.5, 0.6) is 0 Å². The minimum absolute atomic E-state index is 0.0846. The lowest BCUT2D eigenvalue weighted by atomic mass is 9.89. The van der Waals surface area contributed by atoms with Gasteiger partial charge in [-0.3, -0.25) is 9.89 Å². The van der Waals surface area contributed by atoms with Crippen LogP contribution < -0.4 is 0 Å². The second kappa shape index (κ2) is 10.5. The summed E-state index contributed by atoms with van der Waals surface area (Å²) in [4.78, 5) is 16.4. The average molecular weight is 463 g/mol. The quantitative estimate of drug-likeness (QED) is 0.510. The van der Waals surface area contributed by atoms with E-state index >= 15 is 0 Å². The minimum Gasteiger partial charge on any atom is -0.392 e. The first-order chi connectivity index (χ1) is 15.9. The molecule has 33 heavy (non-hydrogen) atoms. The zero-order valence-corrected chi connectivity index (χ0v) is 18.4. The van der Waals surface area contributed by atoms with Crippen molar-refractivity contribution < 1.29 is 23.1 Å². The number of piperidine rings is 2. The Bertz CT molecular complexity index is 943. The number of benzene rings is 1. The molecule has 9 heteroatoms. The number of aliphatic hydroxyl groups excluding tert-OH is 1. The summed E-state index contributed by atoms with van der Waals surface area (Å²) >= 11 is 0. The number of aromatic amines is 1. The molecule has 3 heterocycles. The lowest BCUT2D eigenvalue weighted by Crippen LogP contribution is -2.45. The molecule has 1 unspecified atom stereocenters. The molecule has 0 spiro atoms. The van der Waals surface area contributed by atoms with Gasteiger partial charge in [0.05, 0.1) is 6.10 Å². The molecule has 4 rings (SSSR count). The van der Waals surface area contributed by atoms with Gasteiger partial charge in [-0.1, -0.05) is 0 Å². The number of carbonyl (C=O) groups is 1. The molecule has 1 atom stereocenters. The van der Waals surface area contributed by atoms with E-state index < -0.39 is 23.6 Å². The smallest absolute Gasteiger partial charge is 0.246 e. The first kappa shape index (κ1) is 23.5. The summed E-state index contributed by atoms with van der Waals surface area (Å²) in [5.74, 6) is -3.75. The Kier molecular flexibility index (Phi) is 7.49. The molecule has 1 aromatic carbocycles. The van der Waals surface area contributed by atoms with Crippen LogP contribution in [-0.4, -0.2) is 69.8 Å². The van der Waals surface area contributed by atoms with Crippen molar-refractivity contribution in [3.8, 4) is 0 Å². The van der Waals surface area contributed by atoms with E-state index in [4.69, 9.17) is 0 Å². The molecule has 178 valence electrons. The summed E-state index contributed by atoms with van der Waals surface area (Å²) in [6.07, 6.45) is 7.34. The van der Waals surface area contributed by atoms with Gasteiger partial charge in [0, 0.05) is 43.5 Å². The van der Waals surface area contributed by atoms with Crippen LogP contribution in [0.25, 0.3) is 6.08 Å². The maximum Gasteiger partial charge on any atom is 0.246 e. The van der Waals surface area contributed by atoms with Gasteiger partial charge in [0.1, 0.15) is 0 Å². The zero-order chi connectivity index (χ0) is 23.4. The molecule has 2 fully saturated rings. The zero-order valence-electron chi connectivity index (χ0n) is 18.4. The van der Waals surface area contributed by atoms with Crippen LogP contribution in [0.2, 0.25) is 0 Å². The van der Waals surface area contributed by atoms with Crippen LogP contribution in [0.3, 0.4) is 0 Å². The second-order valence-corrected chi connectivity index (χ2v) is 8.95. The highest BCUT2D eigenvalue weighted by atomic mass is 19.2. The van der Waals surface area contributed by atoms with Crippen LogP contribution in [0.1, 0.15) is 42.9 Å². The van der Waals surface area contributed by atoms with E-state index in [9.17, 15) is 23.1 Å². The molecule has 2 aliphatic rings. The van der Waals surface area contributed by atoms with Gasteiger partial charge in [0.25, 0.3) is 0 Å². The summed E-state index contributed by atoms with van der Waals surface area (Å²) in [6, 6.07) is 3.72. The number of nitrogens with one attached hydrogen (secondary N) is 1. The van der Waals surface area contributed by atoms with E-state index in [1.54, 1.807) is 11.1 Å². The number of H-pyrrole nitrogens is 1. The standard InChI is InChI=1S/C24H29F3N4O2/c25-19-13-16(14-20(26)24(19)27)1-2-23(33)31-11-6-18(7-12-31)22(32)15-30-9-4-17(5-10-30)21-3-8-28-29-21/h1-3,8,13-14,17-18,22,32H,4-7,9-12,15H2,(H,28,29)/b2-1+. The maximum absolute atomic E-state index is 13.3. The van der Waals surface area contributed by atoms with Gasteiger partial charge in [-0.25, -0.2) is 13.2 Å². The van der Waals surface area contributed by atoms with Crippen molar-refractivity contribution >= 4 is 12.0 Å². The normalized spacial score (nSPS) is 19.9. The Morgan fingerprint density at radius 2 is 1.79 bits per heavy atom. The first-order valence-corrected chi connectivity index (χ1v) is 11.4. The van der Waals surface area contributed by atoms with E-state index in [0.29, 0.717) is 38.4 Å². The van der Waals surface area contributed by atoms with E-state index in [0.717, 1.165) is 38.1 Å². The SMILES string of the molecule is O=C(/C=C/c1cc(F)c(F)c(F)c1)N1CCC(C(O)CN2CCC(c3ccn[nH]3)CC2)CC1. The van der Waals surface area contributed by atoms with Gasteiger partial charge < -0.3 is 14.9 Å². The predicted octanol–water partition coefficient (Wildman–Crippen LogP) is 3.32. The van der Waals surface area contributed by atoms with Crippen LogP contribution in [-0.2, 0) is 4.79 Å². The highest BCUT2D eigenvalue weighted by Gasteiger charge is 2.29. The number of β-amino-alcohol motifs (C(OH)–C–C–N with tert-alkyl or cyclic N) is 1. The molecular formula is C24H29F3N4O2. The van der Waals surface area contributed by atoms with Gasteiger partial charge in [-0.05, 0) is 74.5 Å². The van der Waals surface area contributed by atoms with E-state index in [1.165, 1.54) is 17.8 Å². The monoisotopic (exact) mass is 462 g/mol. The van der Waals surface area contributed by atoms with Gasteiger partial charge in [0.2, 0.25) is 5.91 Å². The fourth-order valence-electron chi connectivity index (χ4n) is 4.78. The lowest BCUT2D eigenvalue weighted by Gasteiger charge is -2.37. The Labute approximate surface area is 191 Å². The van der Waals surface area contributed by atoms with Crippen molar-refractivity contribution in [3.05, 3.63) is 59.2 Å². The molecule has 1 aromatic heterocycles. The number of nitrogens with zero attached hydrogens (tertiary/aromatic N) is 3. The summed E-state index contributed by atoms with van der Waals surface area (Å²) < 4.78 is 39.7. The number of amides is 1. The van der Waals surface area contributed by atoms with Crippen LogP contribution in [0.15, 0.2) is 30.5 Å². The Hall–Kier alpha value is -2.65. The predicted molar refractivity (Wildman–Crippen MR) is 118 cm³/mol. The molecule has 6 nitrogen and oxygen atoms in total. The van der Waals surface area contributed by atoms with Crippen molar-refractivity contribution in [1.29, 1.82) is 0 Å². The minimum atomic E-state index is -1.53. The lowest BCUT2D eigenvalue weighted by molar-refractivity contribution is -0.128. The fourth-order valence-corrected chi connectivity index (χ4v) is 4.78. The van der Waals surface area contributed by atoms with Crippen LogP contribution in [0.4, 0.5) is 13.2 Å². The molecule has 0 aliphatic carbocycles. The van der Waals surface area contributed by atoms with Crippen molar-refractivity contribution in [1.82, 2.24) is 20.0 Å². The Morgan fingerprint density at radius 1 is 1.12 bits per heavy atom. The van der Waals surface area contributed by atoms with Gasteiger partial charge in [0.15, 0.2) is 17.5 Å². The number of aliphatic hydroxyl groups is 1. The summed E-state index contributed by atoms with van der Waals surface area (Å²) in [5, 5.41) is 17.8. The van der Waals surface area contributed by atoms with Crippen LogP contribution in [0, 0.1) is 23.4 Å². The molecule has 0 bridgehead atoms. The molecule has 0 saturated carbocycles. The third kappa shape index (κ3) is 5.83. The van der Waals surface area contributed by atoms with Gasteiger partial charge in [-0.2, -0.15) is 5.10 Å². The van der Waals surface area contributed by atoms with E-state index in [1.807, 2.05) is 6.07 Å². The number of hydrogen-bond acceptors (Lipinski definition) is 4. The highest BCUT2D eigenvalue weighted by molar-refractivity contribution is 5.91. The van der Waals surface area contributed by atoms with Gasteiger partial charge in [-0.15, -0.1) is 0 Å². The van der Waals surface area contributed by atoms with Crippen molar-refractivity contribution in [2.24, 2.45) is 5.92 Å². The average Bonchev–Trinajstić information content (AvgIpc) is 3.36. The van der Waals surface area contributed by atoms with Crippen LogP contribution >= 0.6 is 0 Å². The summed E-state index contributed by atoms with van der Waals surface area (Å²) in [7, 11) is 0. The number of aromatic nitrogens is 2. The topological polar surface area (TPSA) is 72.5 Å². The van der Waals surface area contributed by atoms with Crippen molar-refractivity contribution in [3.63, 3.8) is 0 Å². The molecule has 2 aliphatic heterocycles. The fraction of sp³-hybridized carbons (Fsp3) is 0.500. The number of rotatable bonds is 6. The van der Waals surface area contributed by atoms with Gasteiger partial charge >= 0.3 is 0 Å². The number of carbonyl (C=O) groups excluding carboxylic acids is 1.